The Hall–Kier alpha value is -2.64. The van der Waals surface area contributed by atoms with E-state index in [9.17, 15) is 4.79 Å². The molecule has 2 aromatic carbocycles. The number of halogens is 1. The molecule has 5 nitrogen and oxygen atoms in total. The molecule has 0 N–H and O–H groups in total. The van der Waals surface area contributed by atoms with Crippen LogP contribution in [0.2, 0.25) is 0 Å². The number of para-hydroxylation sites is 1. The van der Waals surface area contributed by atoms with Crippen LogP contribution in [0.3, 0.4) is 0 Å². The third-order valence-corrected chi connectivity index (χ3v) is 7.87. The molecule has 0 spiro atoms. The lowest BCUT2D eigenvalue weighted by Crippen LogP contribution is -2.24. The lowest BCUT2D eigenvalue weighted by Gasteiger charge is -2.25. The molecule has 5 rings (SSSR count). The summed E-state index contributed by atoms with van der Waals surface area (Å²) >= 11 is 5.23. The molecular weight excluding hydrogens is 496 g/mol. The second-order valence-corrected chi connectivity index (χ2v) is 10.3. The minimum Gasteiger partial charge on any atom is -0.313 e. The Balaban J connectivity index is 1.71. The van der Waals surface area contributed by atoms with Crippen molar-refractivity contribution in [3.8, 4) is 16.9 Å². The number of rotatable bonds is 4. The molecule has 1 aliphatic rings. The van der Waals surface area contributed by atoms with Gasteiger partial charge >= 0.3 is 0 Å². The summed E-state index contributed by atoms with van der Waals surface area (Å²) in [5.74, 6) is 0. The normalized spacial score (nSPS) is 15.3. The van der Waals surface area contributed by atoms with Crippen LogP contribution in [0.15, 0.2) is 74.2 Å². The number of aromatic nitrogens is 3. The van der Waals surface area contributed by atoms with Crippen LogP contribution >= 0.6 is 27.3 Å². The van der Waals surface area contributed by atoms with Crippen LogP contribution in [0.1, 0.15) is 43.8 Å². The molecule has 170 valence electrons. The van der Waals surface area contributed by atoms with Crippen molar-refractivity contribution in [3.63, 3.8) is 0 Å². The second-order valence-electron chi connectivity index (χ2n) is 8.60. The zero-order chi connectivity index (χ0) is 22.9. The van der Waals surface area contributed by atoms with Crippen molar-refractivity contribution >= 4 is 33.0 Å². The van der Waals surface area contributed by atoms with E-state index in [1.807, 2.05) is 55.1 Å². The van der Waals surface area contributed by atoms with Crippen molar-refractivity contribution in [2.75, 3.05) is 0 Å². The smallest absolute Gasteiger partial charge is 0.297 e. The SMILES string of the molecule is Cc1c(N=c2scc(-c3cccc(Br)c3)n2C2CCCCC2)c(=O)n(-c2ccccc2)n1C. The number of benzene rings is 2. The molecule has 33 heavy (non-hydrogen) atoms. The first-order valence-electron chi connectivity index (χ1n) is 11.4. The van der Waals surface area contributed by atoms with Crippen LogP contribution in [-0.4, -0.2) is 13.9 Å². The van der Waals surface area contributed by atoms with Crippen LogP contribution in [0.5, 0.6) is 0 Å². The Labute approximate surface area is 205 Å². The van der Waals surface area contributed by atoms with E-state index >= 15 is 0 Å². The molecular formula is C26H27BrN4OS. The van der Waals surface area contributed by atoms with Crippen molar-refractivity contribution in [3.05, 3.63) is 85.3 Å². The first-order chi connectivity index (χ1) is 16.0. The van der Waals surface area contributed by atoms with Gasteiger partial charge in [-0.05, 0) is 44.0 Å². The van der Waals surface area contributed by atoms with Crippen LogP contribution in [0, 0.1) is 6.92 Å². The topological polar surface area (TPSA) is 44.2 Å². The minimum absolute atomic E-state index is 0.0891. The Morgan fingerprint density at radius 2 is 1.79 bits per heavy atom. The van der Waals surface area contributed by atoms with Crippen LogP contribution in [0.4, 0.5) is 5.69 Å². The molecule has 0 amide bonds. The van der Waals surface area contributed by atoms with E-state index in [1.165, 1.54) is 30.5 Å². The van der Waals surface area contributed by atoms with E-state index in [2.05, 4.69) is 44.1 Å². The lowest BCUT2D eigenvalue weighted by atomic mass is 9.95. The number of hydrogen-bond donors (Lipinski definition) is 0. The highest BCUT2D eigenvalue weighted by molar-refractivity contribution is 9.10. The zero-order valence-corrected chi connectivity index (χ0v) is 21.3. The van der Waals surface area contributed by atoms with Gasteiger partial charge in [0.25, 0.3) is 5.56 Å². The first-order valence-corrected chi connectivity index (χ1v) is 13.1. The van der Waals surface area contributed by atoms with E-state index in [1.54, 1.807) is 16.0 Å². The Morgan fingerprint density at radius 3 is 2.52 bits per heavy atom. The fraction of sp³-hybridized carbons (Fsp3) is 0.308. The molecule has 0 atom stereocenters. The molecule has 1 saturated carbocycles. The highest BCUT2D eigenvalue weighted by Crippen LogP contribution is 2.33. The van der Waals surface area contributed by atoms with Gasteiger partial charge < -0.3 is 4.57 Å². The first kappa shape index (κ1) is 22.2. The highest BCUT2D eigenvalue weighted by atomic mass is 79.9. The van der Waals surface area contributed by atoms with Crippen molar-refractivity contribution in [2.24, 2.45) is 12.0 Å². The average Bonchev–Trinajstić information content (AvgIpc) is 3.35. The van der Waals surface area contributed by atoms with Crippen molar-refractivity contribution in [1.82, 2.24) is 13.9 Å². The Kier molecular flexibility index (Phi) is 6.25. The maximum Gasteiger partial charge on any atom is 0.297 e. The Bertz CT molecular complexity index is 1400. The molecule has 0 bridgehead atoms. The van der Waals surface area contributed by atoms with E-state index in [-0.39, 0.29) is 5.56 Å². The average molecular weight is 524 g/mol. The number of nitrogens with zero attached hydrogens (tertiary/aromatic N) is 4. The molecule has 0 unspecified atom stereocenters. The van der Waals surface area contributed by atoms with Crippen LogP contribution < -0.4 is 10.4 Å². The standard InChI is InChI=1S/C26H27BrN4OS/c1-18-24(25(32)31(29(18)2)22-14-7-4-8-15-22)28-26-30(21-12-5-3-6-13-21)23(17-33-26)19-10-9-11-20(27)16-19/h4,7-11,14-17,21H,3,5-6,12-13H2,1-2H3. The summed E-state index contributed by atoms with van der Waals surface area (Å²) in [6.45, 7) is 1.97. The predicted molar refractivity (Wildman–Crippen MR) is 139 cm³/mol. The van der Waals surface area contributed by atoms with Crippen molar-refractivity contribution in [1.29, 1.82) is 0 Å². The fourth-order valence-corrected chi connectivity index (χ4v) is 6.10. The van der Waals surface area contributed by atoms with Gasteiger partial charge in [0.1, 0.15) is 0 Å². The molecule has 1 fully saturated rings. The summed E-state index contributed by atoms with van der Waals surface area (Å²) in [6, 6.07) is 18.6. The molecule has 4 aromatic rings. The molecule has 2 aromatic heterocycles. The monoisotopic (exact) mass is 522 g/mol. The fourth-order valence-electron chi connectivity index (χ4n) is 4.73. The van der Waals surface area contributed by atoms with Crippen molar-refractivity contribution in [2.45, 2.75) is 45.1 Å². The molecule has 2 heterocycles. The molecule has 7 heteroatoms. The molecule has 0 radical (unpaired) electrons. The number of hydrogen-bond acceptors (Lipinski definition) is 3. The van der Waals surface area contributed by atoms with Gasteiger partial charge in [0, 0.05) is 28.5 Å². The van der Waals surface area contributed by atoms with Gasteiger partial charge in [0.05, 0.1) is 17.1 Å². The van der Waals surface area contributed by atoms with E-state index in [0.717, 1.165) is 33.5 Å². The van der Waals surface area contributed by atoms with E-state index < -0.39 is 0 Å². The van der Waals surface area contributed by atoms with Crippen LogP contribution in [0.25, 0.3) is 16.9 Å². The maximum atomic E-state index is 13.5. The molecule has 0 aliphatic heterocycles. The Morgan fingerprint density at radius 1 is 1.03 bits per heavy atom. The van der Waals surface area contributed by atoms with E-state index in [0.29, 0.717) is 11.7 Å². The summed E-state index contributed by atoms with van der Waals surface area (Å²) < 4.78 is 7.03. The summed E-state index contributed by atoms with van der Waals surface area (Å²) in [5.41, 5.74) is 4.46. The number of thiazole rings is 1. The molecule has 0 saturated heterocycles. The van der Waals surface area contributed by atoms with E-state index in [4.69, 9.17) is 4.99 Å². The summed E-state index contributed by atoms with van der Waals surface area (Å²) in [5, 5.41) is 2.18. The predicted octanol–water partition coefficient (Wildman–Crippen LogP) is 6.51. The highest BCUT2D eigenvalue weighted by Gasteiger charge is 2.22. The third-order valence-electron chi connectivity index (χ3n) is 6.53. The van der Waals surface area contributed by atoms with Gasteiger partial charge in [-0.25, -0.2) is 9.67 Å². The quantitative estimate of drug-likeness (QED) is 0.301. The van der Waals surface area contributed by atoms with Crippen molar-refractivity contribution < 1.29 is 0 Å². The summed E-state index contributed by atoms with van der Waals surface area (Å²) in [6.07, 6.45) is 6.05. The third kappa shape index (κ3) is 4.20. The minimum atomic E-state index is -0.0891. The summed E-state index contributed by atoms with van der Waals surface area (Å²) in [4.78, 5) is 19.4. The van der Waals surface area contributed by atoms with Gasteiger partial charge in [-0.15, -0.1) is 11.3 Å². The van der Waals surface area contributed by atoms with Crippen LogP contribution in [-0.2, 0) is 7.05 Å². The zero-order valence-electron chi connectivity index (χ0n) is 18.9. The molecule has 1 aliphatic carbocycles. The van der Waals surface area contributed by atoms with Gasteiger partial charge in [-0.2, -0.15) is 0 Å². The maximum absolute atomic E-state index is 13.5. The summed E-state index contributed by atoms with van der Waals surface area (Å²) in [7, 11) is 1.92. The largest absolute Gasteiger partial charge is 0.313 e. The van der Waals surface area contributed by atoms with Gasteiger partial charge in [-0.3, -0.25) is 9.48 Å². The van der Waals surface area contributed by atoms with Gasteiger partial charge in [-0.1, -0.05) is 65.5 Å². The van der Waals surface area contributed by atoms with Gasteiger partial charge in [0.15, 0.2) is 10.5 Å². The lowest BCUT2D eigenvalue weighted by molar-refractivity contribution is 0.351. The van der Waals surface area contributed by atoms with Gasteiger partial charge in [0.2, 0.25) is 0 Å². The second kappa shape index (κ2) is 9.31.